The highest BCUT2D eigenvalue weighted by molar-refractivity contribution is 5.82. The zero-order chi connectivity index (χ0) is 21.4. The summed E-state index contributed by atoms with van der Waals surface area (Å²) in [6, 6.07) is 4.00. The number of fused-ring (bicyclic) bond motifs is 3. The number of benzene rings is 1. The lowest BCUT2D eigenvalue weighted by Gasteiger charge is -2.42. The van der Waals surface area contributed by atoms with Crippen LogP contribution >= 0.6 is 0 Å². The number of aliphatic hydroxyl groups excluding tert-OH is 3. The Labute approximate surface area is 172 Å². The number of ether oxygens (including phenoxy) is 2. The van der Waals surface area contributed by atoms with Crippen molar-refractivity contribution in [2.75, 3.05) is 6.61 Å². The smallest absolute Gasteiger partial charge is 0.339 e. The molecule has 2 heterocycles. The predicted molar refractivity (Wildman–Crippen MR) is 105 cm³/mol. The van der Waals surface area contributed by atoms with Gasteiger partial charge in [-0.2, -0.15) is 0 Å². The second-order valence-electron chi connectivity index (χ2n) is 7.76. The molecule has 2 aromatic rings. The van der Waals surface area contributed by atoms with Crippen LogP contribution in [-0.4, -0.2) is 58.5 Å². The minimum Gasteiger partial charge on any atom is -0.462 e. The van der Waals surface area contributed by atoms with Crippen molar-refractivity contribution in [1.82, 2.24) is 5.32 Å². The number of rotatable bonds is 4. The molecule has 4 rings (SSSR count). The van der Waals surface area contributed by atoms with Gasteiger partial charge in [-0.25, -0.2) is 4.79 Å². The molecule has 1 amide bonds. The number of carbonyl (C=O) groups is 1. The molecule has 5 unspecified atom stereocenters. The fourth-order valence-corrected chi connectivity index (χ4v) is 4.20. The molecule has 1 aromatic heterocycles. The van der Waals surface area contributed by atoms with Crippen molar-refractivity contribution in [1.29, 1.82) is 0 Å². The Hall–Kier alpha value is -2.46. The van der Waals surface area contributed by atoms with Gasteiger partial charge >= 0.3 is 5.63 Å². The van der Waals surface area contributed by atoms with Crippen LogP contribution in [0.3, 0.4) is 0 Å². The van der Waals surface area contributed by atoms with E-state index in [1.165, 1.54) is 6.92 Å². The van der Waals surface area contributed by atoms with Crippen LogP contribution in [0.25, 0.3) is 11.0 Å². The van der Waals surface area contributed by atoms with E-state index in [1.54, 1.807) is 12.1 Å². The lowest BCUT2D eigenvalue weighted by molar-refractivity contribution is -0.244. The molecule has 30 heavy (non-hydrogen) atoms. The molecule has 0 spiro atoms. The first-order valence-electron chi connectivity index (χ1n) is 10.0. The number of carbonyl (C=O) groups excluding carboxylic acids is 1. The SMILES string of the molecule is CC(=O)NC1C(Oc2ccc3c4c(c(=O)oc3c2)CCCC4)OC(CO)C(O)C1O. The molecule has 1 saturated heterocycles. The van der Waals surface area contributed by atoms with Crippen molar-refractivity contribution < 1.29 is 34.0 Å². The summed E-state index contributed by atoms with van der Waals surface area (Å²) in [7, 11) is 0. The molecular weight excluding hydrogens is 394 g/mol. The number of aliphatic hydroxyl groups is 3. The first kappa shape index (κ1) is 20.8. The molecule has 1 aromatic carbocycles. The van der Waals surface area contributed by atoms with Crippen LogP contribution in [0.4, 0.5) is 0 Å². The summed E-state index contributed by atoms with van der Waals surface area (Å²) in [5, 5.41) is 33.3. The second-order valence-corrected chi connectivity index (χ2v) is 7.76. The zero-order valence-corrected chi connectivity index (χ0v) is 16.5. The second kappa shape index (κ2) is 8.35. The highest BCUT2D eigenvalue weighted by atomic mass is 16.7. The van der Waals surface area contributed by atoms with Crippen LogP contribution < -0.4 is 15.7 Å². The van der Waals surface area contributed by atoms with E-state index in [9.17, 15) is 24.9 Å². The molecular formula is C21H25NO8. The van der Waals surface area contributed by atoms with E-state index in [-0.39, 0.29) is 5.63 Å². The van der Waals surface area contributed by atoms with Crippen LogP contribution in [0.2, 0.25) is 0 Å². The molecule has 1 aliphatic carbocycles. The molecule has 162 valence electrons. The maximum Gasteiger partial charge on any atom is 0.339 e. The van der Waals surface area contributed by atoms with Gasteiger partial charge in [0, 0.05) is 23.9 Å². The van der Waals surface area contributed by atoms with Crippen LogP contribution in [0.5, 0.6) is 5.75 Å². The summed E-state index contributed by atoms with van der Waals surface area (Å²) in [6.45, 7) is 0.728. The van der Waals surface area contributed by atoms with Gasteiger partial charge in [0.2, 0.25) is 12.2 Å². The van der Waals surface area contributed by atoms with E-state index in [4.69, 9.17) is 13.9 Å². The fourth-order valence-electron chi connectivity index (χ4n) is 4.20. The van der Waals surface area contributed by atoms with Gasteiger partial charge in [0.15, 0.2) is 0 Å². The maximum atomic E-state index is 12.3. The summed E-state index contributed by atoms with van der Waals surface area (Å²) in [4.78, 5) is 23.9. The number of amides is 1. The van der Waals surface area contributed by atoms with Gasteiger partial charge in [0.05, 0.1) is 6.61 Å². The van der Waals surface area contributed by atoms with Gasteiger partial charge in [0.25, 0.3) is 0 Å². The summed E-state index contributed by atoms with van der Waals surface area (Å²) < 4.78 is 16.9. The van der Waals surface area contributed by atoms with Crippen LogP contribution in [0.15, 0.2) is 27.4 Å². The Morgan fingerprint density at radius 3 is 2.63 bits per heavy atom. The first-order valence-corrected chi connectivity index (χ1v) is 10.0. The molecule has 5 atom stereocenters. The van der Waals surface area contributed by atoms with Crippen LogP contribution in [0.1, 0.15) is 30.9 Å². The molecule has 9 heteroatoms. The van der Waals surface area contributed by atoms with Crippen molar-refractivity contribution in [3.8, 4) is 5.75 Å². The normalized spacial score (nSPS) is 28.7. The number of nitrogens with one attached hydrogen (secondary N) is 1. The van der Waals surface area contributed by atoms with E-state index >= 15 is 0 Å². The van der Waals surface area contributed by atoms with Crippen molar-refractivity contribution in [2.45, 2.75) is 63.3 Å². The van der Waals surface area contributed by atoms with E-state index in [0.717, 1.165) is 35.8 Å². The molecule has 2 aliphatic rings. The minimum atomic E-state index is -1.41. The quantitative estimate of drug-likeness (QED) is 0.508. The first-order chi connectivity index (χ1) is 14.4. The van der Waals surface area contributed by atoms with E-state index in [1.807, 2.05) is 6.07 Å². The summed E-state index contributed by atoms with van der Waals surface area (Å²) >= 11 is 0. The Morgan fingerprint density at radius 1 is 1.20 bits per heavy atom. The fraction of sp³-hybridized carbons (Fsp3) is 0.524. The molecule has 0 radical (unpaired) electrons. The monoisotopic (exact) mass is 419 g/mol. The van der Waals surface area contributed by atoms with Crippen LogP contribution in [-0.2, 0) is 22.4 Å². The van der Waals surface area contributed by atoms with Crippen molar-refractivity contribution in [2.24, 2.45) is 0 Å². The maximum absolute atomic E-state index is 12.3. The van der Waals surface area contributed by atoms with E-state index in [2.05, 4.69) is 5.32 Å². The third-order valence-corrected chi connectivity index (χ3v) is 5.70. The summed E-state index contributed by atoms with van der Waals surface area (Å²) in [5.74, 6) is -0.149. The largest absolute Gasteiger partial charge is 0.462 e. The molecule has 4 N–H and O–H groups in total. The van der Waals surface area contributed by atoms with Crippen molar-refractivity contribution in [3.63, 3.8) is 0 Å². The Morgan fingerprint density at radius 2 is 1.93 bits per heavy atom. The highest BCUT2D eigenvalue weighted by Crippen LogP contribution is 2.31. The van der Waals surface area contributed by atoms with Crippen molar-refractivity contribution >= 4 is 16.9 Å². The lowest BCUT2D eigenvalue weighted by atomic mass is 9.91. The molecule has 1 fully saturated rings. The van der Waals surface area contributed by atoms with Gasteiger partial charge in [-0.05, 0) is 43.4 Å². The van der Waals surface area contributed by atoms with E-state index < -0.39 is 43.2 Å². The Kier molecular flexibility index (Phi) is 5.79. The topological polar surface area (TPSA) is 138 Å². The third kappa shape index (κ3) is 3.81. The molecule has 1 aliphatic heterocycles. The molecule has 0 bridgehead atoms. The van der Waals surface area contributed by atoms with Gasteiger partial charge in [-0.3, -0.25) is 4.79 Å². The third-order valence-electron chi connectivity index (χ3n) is 5.70. The van der Waals surface area contributed by atoms with Crippen molar-refractivity contribution in [3.05, 3.63) is 39.7 Å². The van der Waals surface area contributed by atoms with Crippen LogP contribution in [0, 0.1) is 0 Å². The number of hydrogen-bond donors (Lipinski definition) is 4. The average Bonchev–Trinajstić information content (AvgIpc) is 2.73. The summed E-state index contributed by atoms with van der Waals surface area (Å²) in [5.41, 5.74) is 1.76. The summed E-state index contributed by atoms with van der Waals surface area (Å²) in [6.07, 6.45) is -1.55. The molecule has 0 saturated carbocycles. The number of aryl methyl sites for hydroxylation is 1. The number of hydrogen-bond acceptors (Lipinski definition) is 8. The van der Waals surface area contributed by atoms with Gasteiger partial charge in [-0.1, -0.05) is 0 Å². The highest BCUT2D eigenvalue weighted by Gasteiger charge is 2.46. The van der Waals surface area contributed by atoms with E-state index in [0.29, 0.717) is 17.8 Å². The Balaban J connectivity index is 1.66. The lowest BCUT2D eigenvalue weighted by Crippen LogP contribution is -2.65. The standard InChI is InChI=1S/C21H25NO8/c1-10(24)22-17-19(26)18(25)16(9-23)30-21(17)28-11-6-7-13-12-4-2-3-5-14(12)20(27)29-15(13)8-11/h6-8,16-19,21,23,25-26H,2-5,9H2,1H3,(H,22,24). The van der Waals surface area contributed by atoms with Gasteiger partial charge in [-0.15, -0.1) is 0 Å². The average molecular weight is 419 g/mol. The van der Waals surface area contributed by atoms with Gasteiger partial charge in [0.1, 0.15) is 35.7 Å². The predicted octanol–water partition coefficient (Wildman–Crippen LogP) is -0.00570. The van der Waals surface area contributed by atoms with Gasteiger partial charge < -0.3 is 34.5 Å². The molecule has 9 nitrogen and oxygen atoms in total. The zero-order valence-electron chi connectivity index (χ0n) is 16.5. The minimum absolute atomic E-state index is 0.294. The Bertz CT molecular complexity index is 1000.